The molecule has 0 spiro atoms. The van der Waals surface area contributed by atoms with E-state index in [-0.39, 0.29) is 16.7 Å². The average molecular weight is 243 g/mol. The summed E-state index contributed by atoms with van der Waals surface area (Å²) in [7, 11) is 1.09. The van der Waals surface area contributed by atoms with Crippen LogP contribution in [-0.4, -0.2) is 13.1 Å². The smallest absolute Gasteiger partial charge is 0.416 e. The molecule has 0 bridgehead atoms. The van der Waals surface area contributed by atoms with Crippen molar-refractivity contribution in [3.8, 4) is 6.07 Å². The molecule has 3 nitrogen and oxygen atoms in total. The Balaban J connectivity index is 3.50. The molecule has 0 saturated carbocycles. The van der Waals surface area contributed by atoms with Gasteiger partial charge >= 0.3 is 12.1 Å². The summed E-state index contributed by atoms with van der Waals surface area (Å²) < 4.78 is 42.1. The molecule has 0 aliphatic rings. The second-order valence-corrected chi connectivity index (χ2v) is 3.26. The lowest BCUT2D eigenvalue weighted by Gasteiger charge is -2.13. The number of halogens is 3. The fourth-order valence-corrected chi connectivity index (χ4v) is 1.44. The predicted molar refractivity (Wildman–Crippen MR) is 52.2 cm³/mol. The number of hydrogen-bond donors (Lipinski definition) is 0. The maximum absolute atomic E-state index is 12.6. The number of alkyl halides is 3. The number of methoxy groups -OCH3 is 1. The number of ether oxygens (including phenoxy) is 1. The summed E-state index contributed by atoms with van der Waals surface area (Å²) >= 11 is 0. The van der Waals surface area contributed by atoms with Crippen LogP contribution in [0.5, 0.6) is 0 Å². The lowest BCUT2D eigenvalue weighted by Crippen LogP contribution is -2.12. The number of hydrogen-bond acceptors (Lipinski definition) is 3. The fourth-order valence-electron chi connectivity index (χ4n) is 1.44. The molecule has 0 aromatic heterocycles. The van der Waals surface area contributed by atoms with Gasteiger partial charge in [-0.3, -0.25) is 0 Å². The largest absolute Gasteiger partial charge is 0.465 e. The van der Waals surface area contributed by atoms with Crippen LogP contribution in [0.2, 0.25) is 0 Å². The van der Waals surface area contributed by atoms with Crippen molar-refractivity contribution in [3.05, 3.63) is 34.4 Å². The maximum atomic E-state index is 12.6. The van der Waals surface area contributed by atoms with Crippen LogP contribution in [0.15, 0.2) is 12.1 Å². The first kappa shape index (κ1) is 13.0. The topological polar surface area (TPSA) is 50.1 Å². The Morgan fingerprint density at radius 1 is 1.41 bits per heavy atom. The van der Waals surface area contributed by atoms with Gasteiger partial charge in [0.15, 0.2) is 0 Å². The number of nitrogens with zero attached hydrogens (tertiary/aromatic N) is 1. The Kier molecular flexibility index (Phi) is 3.42. The zero-order valence-corrected chi connectivity index (χ0v) is 9.05. The van der Waals surface area contributed by atoms with Crippen LogP contribution < -0.4 is 0 Å². The number of nitriles is 1. The van der Waals surface area contributed by atoms with E-state index in [1.54, 1.807) is 6.07 Å². The van der Waals surface area contributed by atoms with Crippen molar-refractivity contribution in [1.82, 2.24) is 0 Å². The van der Waals surface area contributed by atoms with E-state index >= 15 is 0 Å². The molecule has 0 fully saturated rings. The standard InChI is InChI=1S/C11H8F3NO2/c1-6-8(5-15)7(10(16)17-2)3-4-9(6)11(12,13)14/h3-4H,1-2H3. The van der Waals surface area contributed by atoms with Gasteiger partial charge in [0, 0.05) is 0 Å². The Morgan fingerprint density at radius 3 is 2.41 bits per heavy atom. The zero-order chi connectivity index (χ0) is 13.2. The van der Waals surface area contributed by atoms with E-state index in [0.29, 0.717) is 0 Å². The normalized spacial score (nSPS) is 10.8. The van der Waals surface area contributed by atoms with E-state index < -0.39 is 17.7 Å². The first-order valence-corrected chi connectivity index (χ1v) is 4.52. The van der Waals surface area contributed by atoms with Gasteiger partial charge in [-0.15, -0.1) is 0 Å². The molecule has 0 amide bonds. The molecule has 0 N–H and O–H groups in total. The highest BCUT2D eigenvalue weighted by molar-refractivity contribution is 5.92. The van der Waals surface area contributed by atoms with Gasteiger partial charge in [-0.2, -0.15) is 18.4 Å². The molecule has 0 radical (unpaired) electrons. The number of carbonyl (C=O) groups excluding carboxylic acids is 1. The highest BCUT2D eigenvalue weighted by Crippen LogP contribution is 2.34. The van der Waals surface area contributed by atoms with E-state index in [1.165, 1.54) is 0 Å². The van der Waals surface area contributed by atoms with Gasteiger partial charge in [-0.1, -0.05) is 0 Å². The zero-order valence-electron chi connectivity index (χ0n) is 9.05. The van der Waals surface area contributed by atoms with Crippen molar-refractivity contribution < 1.29 is 22.7 Å². The van der Waals surface area contributed by atoms with Crippen LogP contribution in [0.3, 0.4) is 0 Å². The summed E-state index contributed by atoms with van der Waals surface area (Å²) in [6.45, 7) is 1.15. The molecular formula is C11H8F3NO2. The van der Waals surface area contributed by atoms with E-state index in [0.717, 1.165) is 26.2 Å². The molecule has 17 heavy (non-hydrogen) atoms. The van der Waals surface area contributed by atoms with Crippen molar-refractivity contribution in [2.24, 2.45) is 0 Å². The van der Waals surface area contributed by atoms with Crippen molar-refractivity contribution >= 4 is 5.97 Å². The fraction of sp³-hybridized carbons (Fsp3) is 0.273. The number of esters is 1. The summed E-state index contributed by atoms with van der Waals surface area (Å²) in [6, 6.07) is 3.30. The van der Waals surface area contributed by atoms with Crippen molar-refractivity contribution in [1.29, 1.82) is 5.26 Å². The molecule has 0 aliphatic carbocycles. The molecule has 0 heterocycles. The molecule has 1 aromatic rings. The van der Waals surface area contributed by atoms with Gasteiger partial charge < -0.3 is 4.74 Å². The van der Waals surface area contributed by atoms with Crippen LogP contribution in [0.1, 0.15) is 27.0 Å². The minimum Gasteiger partial charge on any atom is -0.465 e. The Hall–Kier alpha value is -2.03. The summed E-state index contributed by atoms with van der Waals surface area (Å²) in [6.07, 6.45) is -4.55. The molecular weight excluding hydrogens is 235 g/mol. The molecule has 6 heteroatoms. The van der Waals surface area contributed by atoms with Crippen molar-refractivity contribution in [2.45, 2.75) is 13.1 Å². The number of rotatable bonds is 1. The summed E-state index contributed by atoms with van der Waals surface area (Å²) in [5.41, 5.74) is -1.68. The minimum absolute atomic E-state index is 0.166. The van der Waals surface area contributed by atoms with Crippen LogP contribution >= 0.6 is 0 Å². The second kappa shape index (κ2) is 4.45. The van der Waals surface area contributed by atoms with Crippen molar-refractivity contribution in [3.63, 3.8) is 0 Å². The van der Waals surface area contributed by atoms with E-state index in [2.05, 4.69) is 4.74 Å². The quantitative estimate of drug-likeness (QED) is 0.712. The van der Waals surface area contributed by atoms with Crippen LogP contribution in [0.4, 0.5) is 13.2 Å². The predicted octanol–water partition coefficient (Wildman–Crippen LogP) is 2.67. The second-order valence-electron chi connectivity index (χ2n) is 3.26. The van der Waals surface area contributed by atoms with Gasteiger partial charge in [-0.05, 0) is 24.6 Å². The highest BCUT2D eigenvalue weighted by Gasteiger charge is 2.34. The van der Waals surface area contributed by atoms with Crippen LogP contribution in [0, 0.1) is 18.3 Å². The third kappa shape index (κ3) is 2.38. The number of carbonyl (C=O) groups is 1. The first-order valence-electron chi connectivity index (χ1n) is 4.52. The monoisotopic (exact) mass is 243 g/mol. The van der Waals surface area contributed by atoms with Crippen LogP contribution in [-0.2, 0) is 10.9 Å². The Morgan fingerprint density at radius 2 is 2.00 bits per heavy atom. The summed E-state index contributed by atoms with van der Waals surface area (Å²) in [4.78, 5) is 11.3. The first-order chi connectivity index (χ1) is 7.82. The Labute approximate surface area is 95.4 Å². The lowest BCUT2D eigenvalue weighted by molar-refractivity contribution is -0.138. The molecule has 90 valence electrons. The Bertz CT molecular complexity index is 501. The highest BCUT2D eigenvalue weighted by atomic mass is 19.4. The molecule has 0 saturated heterocycles. The van der Waals surface area contributed by atoms with Gasteiger partial charge in [0.25, 0.3) is 0 Å². The van der Waals surface area contributed by atoms with Gasteiger partial charge in [-0.25, -0.2) is 4.79 Å². The van der Waals surface area contributed by atoms with E-state index in [9.17, 15) is 18.0 Å². The molecule has 0 atom stereocenters. The third-order valence-corrected chi connectivity index (χ3v) is 2.29. The summed E-state index contributed by atoms with van der Waals surface area (Å²) in [5, 5.41) is 8.81. The van der Waals surface area contributed by atoms with Gasteiger partial charge in [0.05, 0.1) is 23.8 Å². The SMILES string of the molecule is COC(=O)c1ccc(C(F)(F)F)c(C)c1C#N. The van der Waals surface area contributed by atoms with E-state index in [1.807, 2.05) is 0 Å². The lowest BCUT2D eigenvalue weighted by atomic mass is 9.97. The summed E-state index contributed by atoms with van der Waals surface area (Å²) in [5.74, 6) is -0.835. The average Bonchev–Trinajstić information content (AvgIpc) is 2.25. The van der Waals surface area contributed by atoms with Gasteiger partial charge in [0.1, 0.15) is 6.07 Å². The molecule has 0 aliphatic heterocycles. The van der Waals surface area contributed by atoms with E-state index in [4.69, 9.17) is 5.26 Å². The molecule has 1 rings (SSSR count). The molecule has 0 unspecified atom stereocenters. The number of benzene rings is 1. The van der Waals surface area contributed by atoms with Crippen molar-refractivity contribution in [2.75, 3.05) is 7.11 Å². The molecule has 1 aromatic carbocycles. The third-order valence-electron chi connectivity index (χ3n) is 2.29. The maximum Gasteiger partial charge on any atom is 0.416 e. The minimum atomic E-state index is -4.55. The van der Waals surface area contributed by atoms with Crippen LogP contribution in [0.25, 0.3) is 0 Å². The van der Waals surface area contributed by atoms with Gasteiger partial charge in [0.2, 0.25) is 0 Å².